The summed E-state index contributed by atoms with van der Waals surface area (Å²) < 4.78 is 11.1. The molecule has 10 heteroatoms. The summed E-state index contributed by atoms with van der Waals surface area (Å²) in [5.41, 5.74) is 2.36. The van der Waals surface area contributed by atoms with Gasteiger partial charge in [0.15, 0.2) is 5.13 Å². The van der Waals surface area contributed by atoms with Crippen molar-refractivity contribution in [2.75, 3.05) is 56.2 Å². The van der Waals surface area contributed by atoms with E-state index >= 15 is 0 Å². The van der Waals surface area contributed by atoms with Crippen LogP contribution in [-0.4, -0.2) is 79.8 Å². The van der Waals surface area contributed by atoms with Crippen molar-refractivity contribution in [3.8, 4) is 0 Å². The van der Waals surface area contributed by atoms with E-state index in [0.717, 1.165) is 69.5 Å². The summed E-state index contributed by atoms with van der Waals surface area (Å²) in [5, 5.41) is 8.48. The third-order valence-corrected chi connectivity index (χ3v) is 7.37. The summed E-state index contributed by atoms with van der Waals surface area (Å²) in [6.45, 7) is 8.05. The van der Waals surface area contributed by atoms with Gasteiger partial charge >= 0.3 is 0 Å². The summed E-state index contributed by atoms with van der Waals surface area (Å²) >= 11 is 1.47. The smallest absolute Gasteiger partial charge is 0.275 e. The van der Waals surface area contributed by atoms with E-state index in [-0.39, 0.29) is 17.9 Å². The molecule has 182 valence electrons. The van der Waals surface area contributed by atoms with Gasteiger partial charge in [-0.15, -0.1) is 11.3 Å². The Kier molecular flexibility index (Phi) is 7.10. The first-order valence-corrected chi connectivity index (χ1v) is 12.8. The van der Waals surface area contributed by atoms with Crippen LogP contribution in [0.15, 0.2) is 23.6 Å². The monoisotopic (exact) mass is 485 g/mol. The second-order valence-corrected chi connectivity index (χ2v) is 9.83. The molecule has 2 N–H and O–H groups in total. The summed E-state index contributed by atoms with van der Waals surface area (Å²) in [7, 11) is 0. The van der Waals surface area contributed by atoms with Crippen molar-refractivity contribution < 1.29 is 19.1 Å². The molecule has 34 heavy (non-hydrogen) atoms. The Morgan fingerprint density at radius 2 is 2.09 bits per heavy atom. The number of anilines is 2. The van der Waals surface area contributed by atoms with Crippen LogP contribution in [0, 0.1) is 0 Å². The number of fused-ring (bicyclic) bond motifs is 2. The van der Waals surface area contributed by atoms with Crippen LogP contribution in [0.2, 0.25) is 0 Å². The summed E-state index contributed by atoms with van der Waals surface area (Å²) in [6.07, 6.45) is 2.13. The Morgan fingerprint density at radius 3 is 2.82 bits per heavy atom. The van der Waals surface area contributed by atoms with E-state index in [1.54, 1.807) is 5.38 Å². The van der Waals surface area contributed by atoms with Crippen LogP contribution in [-0.2, 0) is 16.0 Å². The van der Waals surface area contributed by atoms with Gasteiger partial charge in [-0.1, -0.05) is 13.0 Å². The van der Waals surface area contributed by atoms with E-state index < -0.39 is 0 Å². The van der Waals surface area contributed by atoms with Crippen LogP contribution in [0.25, 0.3) is 0 Å². The fourth-order valence-electron chi connectivity index (χ4n) is 4.66. The van der Waals surface area contributed by atoms with Crippen molar-refractivity contribution in [1.29, 1.82) is 0 Å². The second-order valence-electron chi connectivity index (χ2n) is 8.99. The molecular weight excluding hydrogens is 454 g/mol. The van der Waals surface area contributed by atoms with Crippen LogP contribution >= 0.6 is 11.3 Å². The molecule has 2 amide bonds. The van der Waals surface area contributed by atoms with Crippen molar-refractivity contribution >= 4 is 34.0 Å². The number of aromatic nitrogens is 1. The molecule has 0 radical (unpaired) electrons. The molecular formula is C24H31N5O4S. The first-order valence-electron chi connectivity index (χ1n) is 12.0. The molecule has 3 aliphatic rings. The van der Waals surface area contributed by atoms with Gasteiger partial charge in [-0.3, -0.25) is 14.5 Å². The molecule has 9 nitrogen and oxygen atoms in total. The number of ether oxygens (including phenoxy) is 2. The van der Waals surface area contributed by atoms with Gasteiger partial charge in [-0.2, -0.15) is 0 Å². The Bertz CT molecular complexity index is 1040. The normalized spacial score (nSPS) is 22.2. The molecule has 0 spiro atoms. The fourth-order valence-corrected chi connectivity index (χ4v) is 5.55. The highest BCUT2D eigenvalue weighted by Crippen LogP contribution is 2.34. The first-order chi connectivity index (χ1) is 16.6. The number of amides is 2. The maximum atomic E-state index is 13.0. The minimum absolute atomic E-state index is 0.187. The van der Waals surface area contributed by atoms with E-state index in [1.165, 1.54) is 11.3 Å². The highest BCUT2D eigenvalue weighted by molar-refractivity contribution is 7.14. The molecule has 2 bridgehead atoms. The van der Waals surface area contributed by atoms with Crippen LogP contribution in [0.3, 0.4) is 0 Å². The van der Waals surface area contributed by atoms with Gasteiger partial charge in [0, 0.05) is 38.1 Å². The number of nitrogens with zero attached hydrogens (tertiary/aromatic N) is 3. The molecule has 3 saturated heterocycles. The third kappa shape index (κ3) is 5.10. The van der Waals surface area contributed by atoms with Crippen LogP contribution in [0.5, 0.6) is 0 Å². The molecule has 1 aromatic heterocycles. The van der Waals surface area contributed by atoms with E-state index in [9.17, 15) is 9.59 Å². The topological polar surface area (TPSA) is 96.0 Å². The zero-order valence-corrected chi connectivity index (χ0v) is 20.2. The zero-order valence-electron chi connectivity index (χ0n) is 19.4. The molecule has 0 aliphatic carbocycles. The van der Waals surface area contributed by atoms with Crippen LogP contribution in [0.1, 0.15) is 46.2 Å². The summed E-state index contributed by atoms with van der Waals surface area (Å²) in [5.74, 6) is -0.499. The fraction of sp³-hybridized carbons (Fsp3) is 0.542. The zero-order chi connectivity index (χ0) is 23.5. The maximum absolute atomic E-state index is 13.0. The molecule has 2 atom stereocenters. The van der Waals surface area contributed by atoms with Gasteiger partial charge in [0.1, 0.15) is 5.69 Å². The lowest BCUT2D eigenvalue weighted by Gasteiger charge is -2.26. The molecule has 4 heterocycles. The maximum Gasteiger partial charge on any atom is 0.275 e. The number of carbonyl (C=O) groups is 2. The van der Waals surface area contributed by atoms with Crippen molar-refractivity contribution in [2.45, 2.75) is 38.5 Å². The van der Waals surface area contributed by atoms with E-state index in [1.807, 2.05) is 25.1 Å². The number of hydrogen-bond acceptors (Lipinski definition) is 8. The number of hydrogen-bond donors (Lipinski definition) is 2. The molecule has 1 aromatic carbocycles. The van der Waals surface area contributed by atoms with Crippen LogP contribution in [0.4, 0.5) is 10.8 Å². The highest BCUT2D eigenvalue weighted by Gasteiger charge is 2.40. The minimum Gasteiger partial charge on any atom is -0.379 e. The number of morpholine rings is 2. The Balaban J connectivity index is 1.31. The quantitative estimate of drug-likeness (QED) is 0.593. The second kappa shape index (κ2) is 10.4. The van der Waals surface area contributed by atoms with Gasteiger partial charge in [0.05, 0.1) is 43.2 Å². The number of benzene rings is 1. The average Bonchev–Trinajstić information content (AvgIpc) is 3.61. The Hall–Kier alpha value is -2.53. The highest BCUT2D eigenvalue weighted by atomic mass is 32.1. The average molecular weight is 486 g/mol. The molecule has 0 saturated carbocycles. The van der Waals surface area contributed by atoms with Gasteiger partial charge in [0.25, 0.3) is 11.8 Å². The Morgan fingerprint density at radius 1 is 1.24 bits per heavy atom. The molecule has 2 aromatic rings. The summed E-state index contributed by atoms with van der Waals surface area (Å²) in [6, 6.07) is 6.01. The number of nitrogens with one attached hydrogen (secondary N) is 2. The molecule has 3 aliphatic heterocycles. The van der Waals surface area contributed by atoms with E-state index in [4.69, 9.17) is 9.47 Å². The molecule has 3 fully saturated rings. The largest absolute Gasteiger partial charge is 0.379 e. The van der Waals surface area contributed by atoms with Crippen molar-refractivity contribution in [3.05, 3.63) is 40.4 Å². The lowest BCUT2D eigenvalue weighted by Crippen LogP contribution is -2.36. The molecule has 5 rings (SSSR count). The van der Waals surface area contributed by atoms with Gasteiger partial charge < -0.3 is 25.0 Å². The minimum atomic E-state index is -0.312. The number of rotatable bonds is 8. The third-order valence-electron chi connectivity index (χ3n) is 6.49. The van der Waals surface area contributed by atoms with Crippen molar-refractivity contribution in [1.82, 2.24) is 15.2 Å². The summed E-state index contributed by atoms with van der Waals surface area (Å²) in [4.78, 5) is 35.1. The van der Waals surface area contributed by atoms with Gasteiger partial charge in [0.2, 0.25) is 0 Å². The number of carbonyl (C=O) groups excluding carboxylic acids is 2. The van der Waals surface area contributed by atoms with E-state index in [0.29, 0.717) is 29.5 Å². The number of thiazole rings is 1. The lowest BCUT2D eigenvalue weighted by molar-refractivity contribution is 0.0342. The Labute approximate surface area is 203 Å². The van der Waals surface area contributed by atoms with Crippen molar-refractivity contribution in [2.24, 2.45) is 0 Å². The molecule has 0 unspecified atom stereocenters. The predicted molar refractivity (Wildman–Crippen MR) is 131 cm³/mol. The van der Waals surface area contributed by atoms with Gasteiger partial charge in [-0.25, -0.2) is 4.98 Å². The SMILES string of the molecule is CCCNC(=O)c1cc(CN2CCOCC2)ccc1NC(=O)c1csc(N2C[C@@H]3C[C@H]2CO3)n1. The first kappa shape index (κ1) is 23.2. The van der Waals surface area contributed by atoms with Crippen LogP contribution < -0.4 is 15.5 Å². The standard InChI is InChI=1S/C24H31N5O4S/c1-2-5-25-22(30)19-10-16(12-28-6-8-32-9-7-28)3-4-20(19)26-23(31)21-15-34-24(27-21)29-13-18-11-17(29)14-33-18/h3-4,10,15,17-18H,2,5-9,11-14H2,1H3,(H,25,30)(H,26,31)/t17-,18-/m0/s1. The lowest BCUT2D eigenvalue weighted by atomic mass is 10.1. The van der Waals surface area contributed by atoms with Gasteiger partial charge in [-0.05, 0) is 30.5 Å². The van der Waals surface area contributed by atoms with E-state index in [2.05, 4.69) is 25.4 Å². The van der Waals surface area contributed by atoms with Crippen molar-refractivity contribution in [3.63, 3.8) is 0 Å². The predicted octanol–water partition coefficient (Wildman–Crippen LogP) is 2.34.